The number of carbonyl (C=O) groups is 1. The first-order valence-electron chi connectivity index (χ1n) is 5.49. The second-order valence-electron chi connectivity index (χ2n) is 3.89. The van der Waals surface area contributed by atoms with Crippen molar-refractivity contribution < 1.29 is 9.18 Å². The molecule has 0 saturated heterocycles. The molecule has 0 unspecified atom stereocenters. The molecule has 2 aromatic rings. The third kappa shape index (κ3) is 3.20. The Bertz CT molecular complexity index is 619. The van der Waals surface area contributed by atoms with Crippen molar-refractivity contribution in [3.05, 3.63) is 58.6 Å². The van der Waals surface area contributed by atoms with Crippen molar-refractivity contribution in [3.63, 3.8) is 0 Å². The number of pyridine rings is 1. The highest BCUT2D eigenvalue weighted by Crippen LogP contribution is 2.16. The van der Waals surface area contributed by atoms with Crippen LogP contribution in [0, 0.1) is 5.82 Å². The van der Waals surface area contributed by atoms with Gasteiger partial charge >= 0.3 is 0 Å². The maximum Gasteiger partial charge on any atom is 0.255 e. The Morgan fingerprint density at radius 1 is 1.42 bits per heavy atom. The predicted octanol–water partition coefficient (Wildman–Crippen LogP) is 2.39. The third-order valence-electron chi connectivity index (χ3n) is 2.54. The maximum atomic E-state index is 13.0. The molecule has 4 nitrogen and oxygen atoms in total. The minimum absolute atomic E-state index is 0.0210. The zero-order valence-electron chi connectivity index (χ0n) is 9.86. The van der Waals surface area contributed by atoms with Crippen LogP contribution in [0.15, 0.2) is 36.7 Å². The lowest BCUT2D eigenvalue weighted by Gasteiger charge is -2.07. The average Bonchev–Trinajstić information content (AvgIpc) is 2.40. The third-order valence-corrected chi connectivity index (χ3v) is 2.83. The Labute approximate surface area is 114 Å². The summed E-state index contributed by atoms with van der Waals surface area (Å²) in [5, 5.41) is 2.68. The number of benzene rings is 1. The summed E-state index contributed by atoms with van der Waals surface area (Å²) in [4.78, 5) is 15.7. The number of nitrogen functional groups attached to an aromatic ring is 1. The minimum atomic E-state index is -0.492. The van der Waals surface area contributed by atoms with E-state index in [-0.39, 0.29) is 17.5 Å². The van der Waals surface area contributed by atoms with Gasteiger partial charge in [0.2, 0.25) is 0 Å². The smallest absolute Gasteiger partial charge is 0.255 e. The molecule has 3 N–H and O–H groups in total. The van der Waals surface area contributed by atoms with Gasteiger partial charge in [0.1, 0.15) is 5.82 Å². The number of nitrogens with zero attached hydrogens (tertiary/aromatic N) is 1. The number of nitrogens with one attached hydrogen (secondary N) is 1. The van der Waals surface area contributed by atoms with Gasteiger partial charge in [0.25, 0.3) is 5.91 Å². The zero-order valence-corrected chi connectivity index (χ0v) is 10.6. The summed E-state index contributed by atoms with van der Waals surface area (Å²) in [5.41, 5.74) is 7.01. The van der Waals surface area contributed by atoms with Crippen LogP contribution >= 0.6 is 11.6 Å². The van der Waals surface area contributed by atoms with Gasteiger partial charge in [-0.3, -0.25) is 9.78 Å². The van der Waals surface area contributed by atoms with E-state index in [1.807, 2.05) is 0 Å². The van der Waals surface area contributed by atoms with Crippen molar-refractivity contribution in [2.24, 2.45) is 0 Å². The van der Waals surface area contributed by atoms with Crippen LogP contribution in [0.3, 0.4) is 0 Å². The number of nitrogens with two attached hydrogens (primary N) is 1. The number of halogens is 2. The second kappa shape index (κ2) is 5.67. The number of amides is 1. The fraction of sp³-hybridized carbons (Fsp3) is 0.0769. The van der Waals surface area contributed by atoms with Crippen LogP contribution in [0.4, 0.5) is 10.1 Å². The van der Waals surface area contributed by atoms with Gasteiger partial charge in [-0.2, -0.15) is 0 Å². The molecule has 19 heavy (non-hydrogen) atoms. The molecule has 1 aromatic heterocycles. The summed E-state index contributed by atoms with van der Waals surface area (Å²) in [5.74, 6) is -0.834. The summed E-state index contributed by atoms with van der Waals surface area (Å²) >= 11 is 5.65. The molecule has 0 bridgehead atoms. The monoisotopic (exact) mass is 279 g/mol. The molecular formula is C13H11ClFN3O. The SMILES string of the molecule is Nc1ccncc1C(=O)NCc1ccc(F)c(Cl)c1. The van der Waals surface area contributed by atoms with Crippen molar-refractivity contribution in [2.75, 3.05) is 5.73 Å². The molecule has 6 heteroatoms. The van der Waals surface area contributed by atoms with Crippen LogP contribution in [0.5, 0.6) is 0 Å². The van der Waals surface area contributed by atoms with Crippen LogP contribution in [-0.4, -0.2) is 10.9 Å². The molecule has 0 atom stereocenters. The topological polar surface area (TPSA) is 68.0 Å². The maximum absolute atomic E-state index is 13.0. The molecule has 0 fully saturated rings. The van der Waals surface area contributed by atoms with Crippen LogP contribution in [-0.2, 0) is 6.54 Å². The number of carbonyl (C=O) groups excluding carboxylic acids is 1. The van der Waals surface area contributed by atoms with Crippen molar-refractivity contribution >= 4 is 23.2 Å². The minimum Gasteiger partial charge on any atom is -0.398 e. The number of rotatable bonds is 3. The molecule has 1 aromatic carbocycles. The molecule has 1 amide bonds. The summed E-state index contributed by atoms with van der Waals surface area (Å²) in [6.07, 6.45) is 2.90. The molecule has 98 valence electrons. The second-order valence-corrected chi connectivity index (χ2v) is 4.30. The summed E-state index contributed by atoms with van der Waals surface area (Å²) in [6.45, 7) is 0.229. The number of hydrogen-bond donors (Lipinski definition) is 2. The summed E-state index contributed by atoms with van der Waals surface area (Å²) in [6, 6.07) is 5.81. The van der Waals surface area contributed by atoms with E-state index in [0.29, 0.717) is 16.8 Å². The normalized spacial score (nSPS) is 10.2. The molecule has 1 heterocycles. The van der Waals surface area contributed by atoms with Crippen molar-refractivity contribution in [2.45, 2.75) is 6.54 Å². The van der Waals surface area contributed by atoms with E-state index in [9.17, 15) is 9.18 Å². The zero-order chi connectivity index (χ0) is 13.8. The van der Waals surface area contributed by atoms with Crippen LogP contribution in [0.2, 0.25) is 5.02 Å². The van der Waals surface area contributed by atoms with E-state index in [0.717, 1.165) is 0 Å². The summed E-state index contributed by atoms with van der Waals surface area (Å²) in [7, 11) is 0. The van der Waals surface area contributed by atoms with Crippen LogP contribution in [0.25, 0.3) is 0 Å². The fourth-order valence-corrected chi connectivity index (χ4v) is 1.73. The highest BCUT2D eigenvalue weighted by Gasteiger charge is 2.09. The lowest BCUT2D eigenvalue weighted by molar-refractivity contribution is 0.0951. The Kier molecular flexibility index (Phi) is 3.97. The van der Waals surface area contributed by atoms with Gasteiger partial charge < -0.3 is 11.1 Å². The standard InChI is InChI=1S/C13H11ClFN3O/c14-10-5-8(1-2-11(10)15)6-18-13(19)9-7-17-4-3-12(9)16/h1-5,7H,6H2,(H2,16,17)(H,18,19). The van der Waals surface area contributed by atoms with Crippen molar-refractivity contribution in [1.82, 2.24) is 10.3 Å². The van der Waals surface area contributed by atoms with E-state index < -0.39 is 5.82 Å². The lowest BCUT2D eigenvalue weighted by Crippen LogP contribution is -2.24. The summed E-state index contributed by atoms with van der Waals surface area (Å²) < 4.78 is 13.0. The predicted molar refractivity (Wildman–Crippen MR) is 71.2 cm³/mol. The van der Waals surface area contributed by atoms with Crippen molar-refractivity contribution in [3.8, 4) is 0 Å². The Morgan fingerprint density at radius 3 is 2.89 bits per heavy atom. The Morgan fingerprint density at radius 2 is 2.21 bits per heavy atom. The fourth-order valence-electron chi connectivity index (χ4n) is 1.52. The van der Waals surface area contributed by atoms with E-state index in [2.05, 4.69) is 10.3 Å². The van der Waals surface area contributed by atoms with E-state index >= 15 is 0 Å². The first kappa shape index (κ1) is 13.3. The number of anilines is 1. The molecule has 0 saturated carbocycles. The molecule has 0 aliphatic rings. The molecular weight excluding hydrogens is 269 g/mol. The first-order valence-corrected chi connectivity index (χ1v) is 5.87. The number of aromatic nitrogens is 1. The highest BCUT2D eigenvalue weighted by atomic mass is 35.5. The van der Waals surface area contributed by atoms with Gasteiger partial charge in [-0.05, 0) is 23.8 Å². The molecule has 2 rings (SSSR count). The molecule has 0 aliphatic carbocycles. The Balaban J connectivity index is 2.04. The lowest BCUT2D eigenvalue weighted by atomic mass is 10.2. The van der Waals surface area contributed by atoms with Crippen LogP contribution in [0.1, 0.15) is 15.9 Å². The van der Waals surface area contributed by atoms with Crippen molar-refractivity contribution in [1.29, 1.82) is 0 Å². The van der Waals surface area contributed by atoms with Gasteiger partial charge in [0.15, 0.2) is 0 Å². The van der Waals surface area contributed by atoms with E-state index in [1.54, 1.807) is 12.1 Å². The van der Waals surface area contributed by atoms with E-state index in [4.69, 9.17) is 17.3 Å². The average molecular weight is 280 g/mol. The largest absolute Gasteiger partial charge is 0.398 e. The highest BCUT2D eigenvalue weighted by molar-refractivity contribution is 6.30. The molecule has 0 radical (unpaired) electrons. The van der Waals surface area contributed by atoms with Gasteiger partial charge in [0.05, 0.1) is 10.6 Å². The first-order chi connectivity index (χ1) is 9.08. The number of hydrogen-bond acceptors (Lipinski definition) is 3. The molecule has 0 aliphatic heterocycles. The molecule has 0 spiro atoms. The van der Waals surface area contributed by atoms with Gasteiger partial charge in [-0.15, -0.1) is 0 Å². The van der Waals surface area contributed by atoms with Gasteiger partial charge in [-0.25, -0.2) is 4.39 Å². The van der Waals surface area contributed by atoms with Gasteiger partial charge in [-0.1, -0.05) is 17.7 Å². The van der Waals surface area contributed by atoms with E-state index in [1.165, 1.54) is 24.5 Å². The van der Waals surface area contributed by atoms with Gasteiger partial charge in [0, 0.05) is 24.6 Å². The Hall–Kier alpha value is -2.14. The van der Waals surface area contributed by atoms with Crippen LogP contribution < -0.4 is 11.1 Å². The quantitative estimate of drug-likeness (QED) is 0.906.